The predicted molar refractivity (Wildman–Crippen MR) is 132 cm³/mol. The van der Waals surface area contributed by atoms with Crippen LogP contribution in [0.2, 0.25) is 0 Å². The van der Waals surface area contributed by atoms with Gasteiger partial charge in [-0.1, -0.05) is 6.92 Å². The maximum atomic E-state index is 9.93. The second kappa shape index (κ2) is 11.1. The van der Waals surface area contributed by atoms with Crippen molar-refractivity contribution < 1.29 is 9.84 Å². The van der Waals surface area contributed by atoms with Gasteiger partial charge >= 0.3 is 0 Å². The van der Waals surface area contributed by atoms with Crippen LogP contribution in [0.4, 0.5) is 17.3 Å². The molecule has 3 aromatic rings. The van der Waals surface area contributed by atoms with E-state index in [1.165, 1.54) is 0 Å². The maximum Gasteiger partial charge on any atom is 0.227 e. The summed E-state index contributed by atoms with van der Waals surface area (Å²) in [6, 6.07) is 9.78. The van der Waals surface area contributed by atoms with Gasteiger partial charge in [-0.2, -0.15) is 5.26 Å². The third-order valence-electron chi connectivity index (χ3n) is 5.92. The molecule has 34 heavy (non-hydrogen) atoms. The van der Waals surface area contributed by atoms with E-state index in [4.69, 9.17) is 14.7 Å². The third kappa shape index (κ3) is 5.33. The van der Waals surface area contributed by atoms with Gasteiger partial charge in [0.15, 0.2) is 0 Å². The molecule has 1 saturated heterocycles. The van der Waals surface area contributed by atoms with Crippen LogP contribution >= 0.6 is 0 Å². The lowest BCUT2D eigenvalue weighted by molar-refractivity contribution is 0.0846. The minimum Gasteiger partial charge on any atom is -0.392 e. The molecule has 2 aromatic heterocycles. The van der Waals surface area contributed by atoms with E-state index in [-0.39, 0.29) is 6.61 Å². The summed E-state index contributed by atoms with van der Waals surface area (Å²) < 4.78 is 5.52. The number of hydrogen-bond donors (Lipinski definition) is 3. The highest BCUT2D eigenvalue weighted by Gasteiger charge is 2.21. The van der Waals surface area contributed by atoms with Crippen molar-refractivity contribution >= 4 is 17.3 Å². The van der Waals surface area contributed by atoms with Gasteiger partial charge in [-0.15, -0.1) is 0 Å². The van der Waals surface area contributed by atoms with Crippen LogP contribution in [0, 0.1) is 18.3 Å². The quantitative estimate of drug-likeness (QED) is 0.446. The number of aryl methyl sites for hydroxylation is 1. The van der Waals surface area contributed by atoms with Crippen LogP contribution in [0.1, 0.15) is 54.5 Å². The van der Waals surface area contributed by atoms with Crippen LogP contribution in [-0.4, -0.2) is 39.8 Å². The molecule has 0 radical (unpaired) electrons. The van der Waals surface area contributed by atoms with E-state index < -0.39 is 0 Å². The van der Waals surface area contributed by atoms with E-state index in [0.717, 1.165) is 61.5 Å². The zero-order chi connectivity index (χ0) is 23.9. The van der Waals surface area contributed by atoms with Crippen LogP contribution in [0.3, 0.4) is 0 Å². The third-order valence-corrected chi connectivity index (χ3v) is 5.92. The van der Waals surface area contributed by atoms with Gasteiger partial charge in [0.2, 0.25) is 5.95 Å². The first kappa shape index (κ1) is 23.6. The molecular weight excluding hydrogens is 428 g/mol. The number of benzene rings is 1. The average Bonchev–Trinajstić information content (AvgIpc) is 2.87. The summed E-state index contributed by atoms with van der Waals surface area (Å²) >= 11 is 0. The number of hydrogen-bond acceptors (Lipinski definition) is 8. The van der Waals surface area contributed by atoms with Crippen molar-refractivity contribution in [3.05, 3.63) is 59.0 Å². The standard InChI is InChI=1S/C26H30N6O2/c1-3-7-28-24-20(14-27)12-19(13-21(24)16-33)22-4-8-29-26(31-22)32-23-11-17(2)15-30-25(23)18-5-9-34-10-6-18/h4,8,11-13,15,18,28,33H,3,5-7,9-10,16H2,1-2H3,(H,29,31,32). The van der Waals surface area contributed by atoms with E-state index in [1.807, 2.05) is 19.2 Å². The van der Waals surface area contributed by atoms with E-state index in [1.54, 1.807) is 18.3 Å². The smallest absolute Gasteiger partial charge is 0.227 e. The lowest BCUT2D eigenvalue weighted by Gasteiger charge is -2.24. The zero-order valence-corrected chi connectivity index (χ0v) is 19.6. The van der Waals surface area contributed by atoms with Crippen LogP contribution in [0.5, 0.6) is 0 Å². The van der Waals surface area contributed by atoms with Crippen LogP contribution in [0.25, 0.3) is 11.3 Å². The van der Waals surface area contributed by atoms with Crippen LogP contribution in [-0.2, 0) is 11.3 Å². The number of nitriles is 1. The molecule has 0 aliphatic carbocycles. The average molecular weight is 459 g/mol. The van der Waals surface area contributed by atoms with Crippen molar-refractivity contribution in [3.8, 4) is 17.3 Å². The van der Waals surface area contributed by atoms with E-state index >= 15 is 0 Å². The predicted octanol–water partition coefficient (Wildman–Crippen LogP) is 4.67. The second-order valence-corrected chi connectivity index (χ2v) is 8.48. The molecule has 1 aromatic carbocycles. The summed E-state index contributed by atoms with van der Waals surface area (Å²) in [5, 5.41) is 26.3. The van der Waals surface area contributed by atoms with Gasteiger partial charge in [-0.05, 0) is 56.0 Å². The van der Waals surface area contributed by atoms with Crippen molar-refractivity contribution in [2.24, 2.45) is 0 Å². The molecule has 0 amide bonds. The molecule has 1 aliphatic heterocycles. The first-order valence-corrected chi connectivity index (χ1v) is 11.7. The Morgan fingerprint density at radius 2 is 2.03 bits per heavy atom. The Morgan fingerprint density at radius 1 is 1.21 bits per heavy atom. The van der Waals surface area contributed by atoms with Crippen molar-refractivity contribution in [2.75, 3.05) is 30.4 Å². The topological polar surface area (TPSA) is 116 Å². The molecule has 1 aliphatic rings. The number of nitrogens with zero attached hydrogens (tertiary/aromatic N) is 4. The van der Waals surface area contributed by atoms with Gasteiger partial charge in [0, 0.05) is 49.2 Å². The molecule has 0 unspecified atom stereocenters. The molecule has 8 nitrogen and oxygen atoms in total. The Bertz CT molecular complexity index is 1180. The van der Waals surface area contributed by atoms with Crippen LogP contribution < -0.4 is 10.6 Å². The minimum absolute atomic E-state index is 0.172. The molecule has 0 spiro atoms. The number of aliphatic hydroxyl groups excluding tert-OH is 1. The fourth-order valence-electron chi connectivity index (χ4n) is 4.20. The molecule has 4 rings (SSSR count). The molecule has 3 heterocycles. The summed E-state index contributed by atoms with van der Waals surface area (Å²) in [4.78, 5) is 13.8. The Kier molecular flexibility index (Phi) is 7.68. The van der Waals surface area contributed by atoms with E-state index in [2.05, 4.69) is 34.7 Å². The number of rotatable bonds is 8. The van der Waals surface area contributed by atoms with E-state index in [0.29, 0.717) is 34.4 Å². The molecule has 3 N–H and O–H groups in total. The maximum absolute atomic E-state index is 9.93. The summed E-state index contributed by atoms with van der Waals surface area (Å²) in [7, 11) is 0. The van der Waals surface area contributed by atoms with Gasteiger partial charge in [0.05, 0.1) is 34.9 Å². The summed E-state index contributed by atoms with van der Waals surface area (Å²) in [5.41, 5.74) is 6.19. The highest BCUT2D eigenvalue weighted by Crippen LogP contribution is 2.33. The summed E-state index contributed by atoms with van der Waals surface area (Å²) in [6.45, 7) is 6.10. The zero-order valence-electron chi connectivity index (χ0n) is 19.6. The molecular formula is C26H30N6O2. The van der Waals surface area contributed by atoms with E-state index in [9.17, 15) is 10.4 Å². The number of aliphatic hydroxyl groups is 1. The van der Waals surface area contributed by atoms with Crippen molar-refractivity contribution in [1.29, 1.82) is 5.26 Å². The molecule has 1 fully saturated rings. The largest absolute Gasteiger partial charge is 0.392 e. The summed E-state index contributed by atoms with van der Waals surface area (Å²) in [5.74, 6) is 0.781. The molecule has 8 heteroatoms. The number of anilines is 3. The minimum atomic E-state index is -0.172. The number of nitrogens with one attached hydrogen (secondary N) is 2. The fraction of sp³-hybridized carbons (Fsp3) is 0.385. The lowest BCUT2D eigenvalue weighted by atomic mass is 9.94. The van der Waals surface area contributed by atoms with Gasteiger partial charge in [0.25, 0.3) is 0 Å². The van der Waals surface area contributed by atoms with Crippen molar-refractivity contribution in [3.63, 3.8) is 0 Å². The summed E-state index contributed by atoms with van der Waals surface area (Å²) in [6.07, 6.45) is 6.37. The molecule has 176 valence electrons. The lowest BCUT2D eigenvalue weighted by Crippen LogP contribution is -2.16. The number of ether oxygens (including phenoxy) is 1. The van der Waals surface area contributed by atoms with Crippen LogP contribution in [0.15, 0.2) is 36.7 Å². The first-order chi connectivity index (χ1) is 16.6. The highest BCUT2D eigenvalue weighted by molar-refractivity contribution is 5.73. The Labute approximate surface area is 200 Å². The van der Waals surface area contributed by atoms with Gasteiger partial charge in [0.1, 0.15) is 6.07 Å². The van der Waals surface area contributed by atoms with Gasteiger partial charge in [-0.25, -0.2) is 9.97 Å². The number of aromatic nitrogens is 3. The van der Waals surface area contributed by atoms with Gasteiger partial charge < -0.3 is 20.5 Å². The molecule has 0 atom stereocenters. The fourth-order valence-corrected chi connectivity index (χ4v) is 4.20. The Morgan fingerprint density at radius 3 is 2.76 bits per heavy atom. The first-order valence-electron chi connectivity index (χ1n) is 11.7. The normalized spacial score (nSPS) is 13.9. The SMILES string of the molecule is CCCNc1c(C#N)cc(-c2ccnc(Nc3cc(C)cnc3C3CCOCC3)n2)cc1CO. The van der Waals surface area contributed by atoms with Gasteiger partial charge in [-0.3, -0.25) is 4.98 Å². The second-order valence-electron chi connectivity index (χ2n) is 8.48. The highest BCUT2D eigenvalue weighted by atomic mass is 16.5. The molecule has 0 bridgehead atoms. The molecule has 0 saturated carbocycles. The van der Waals surface area contributed by atoms with Crippen molar-refractivity contribution in [1.82, 2.24) is 15.0 Å². The Hall–Kier alpha value is -3.54. The monoisotopic (exact) mass is 458 g/mol. The van der Waals surface area contributed by atoms with Crippen molar-refractivity contribution in [2.45, 2.75) is 45.6 Å². The number of pyridine rings is 1. The Balaban J connectivity index is 1.66.